The minimum Gasteiger partial charge on any atom is -0.379 e. The number of amides is 1. The average Bonchev–Trinajstić information content (AvgIpc) is 2.75. The number of aromatic nitrogens is 2. The Balaban J connectivity index is 2.00. The molecule has 0 atom stereocenters. The molecular formula is C10H8BrN5O2. The van der Waals surface area contributed by atoms with Gasteiger partial charge in [-0.2, -0.15) is 5.10 Å². The molecular weight excluding hydrogens is 302 g/mol. The van der Waals surface area contributed by atoms with E-state index in [1.165, 1.54) is 6.21 Å². The lowest BCUT2D eigenvalue weighted by Gasteiger charge is -1.96. The normalized spacial score (nSPS) is 10.7. The van der Waals surface area contributed by atoms with Crippen LogP contribution in [0.5, 0.6) is 0 Å². The Labute approximate surface area is 110 Å². The second-order valence-corrected chi connectivity index (χ2v) is 4.17. The molecule has 0 unspecified atom stereocenters. The van der Waals surface area contributed by atoms with Crippen molar-refractivity contribution in [3.63, 3.8) is 0 Å². The number of nitrogens with one attached hydrogen (secondary N) is 1. The predicted molar refractivity (Wildman–Crippen MR) is 67.9 cm³/mol. The summed E-state index contributed by atoms with van der Waals surface area (Å²) in [5.41, 5.74) is 8.36. The Bertz CT molecular complexity index is 595. The number of hydrazone groups is 1. The topological polar surface area (TPSA) is 106 Å². The zero-order valence-electron chi connectivity index (χ0n) is 9.00. The first-order valence-corrected chi connectivity index (χ1v) is 5.63. The van der Waals surface area contributed by atoms with Crippen LogP contribution in [-0.2, 0) is 0 Å². The van der Waals surface area contributed by atoms with Crippen LogP contribution in [0.4, 0.5) is 5.82 Å². The molecule has 1 aromatic heterocycles. The van der Waals surface area contributed by atoms with Crippen LogP contribution in [0.1, 0.15) is 16.1 Å². The third-order valence-electron chi connectivity index (χ3n) is 1.96. The number of nitrogens with zero attached hydrogens (tertiary/aromatic N) is 3. The molecule has 8 heteroatoms. The molecule has 1 heterocycles. The van der Waals surface area contributed by atoms with Crippen molar-refractivity contribution in [2.45, 2.75) is 0 Å². The van der Waals surface area contributed by atoms with Gasteiger partial charge in [-0.3, -0.25) is 4.79 Å². The van der Waals surface area contributed by atoms with Crippen LogP contribution in [0.15, 0.2) is 38.5 Å². The molecule has 1 aromatic carbocycles. The zero-order valence-corrected chi connectivity index (χ0v) is 10.6. The number of nitrogens with two attached hydrogens (primary N) is 1. The molecule has 3 N–H and O–H groups in total. The minimum atomic E-state index is -0.583. The molecule has 0 fully saturated rings. The van der Waals surface area contributed by atoms with Gasteiger partial charge in [-0.05, 0) is 28.0 Å². The van der Waals surface area contributed by atoms with Gasteiger partial charge in [-0.1, -0.05) is 28.1 Å². The molecule has 0 saturated carbocycles. The molecule has 0 saturated heterocycles. The molecule has 7 nitrogen and oxygen atoms in total. The van der Waals surface area contributed by atoms with Gasteiger partial charge in [0, 0.05) is 4.47 Å². The summed E-state index contributed by atoms with van der Waals surface area (Å²) in [6.07, 6.45) is 1.49. The van der Waals surface area contributed by atoms with E-state index >= 15 is 0 Å². The number of halogens is 1. The maximum absolute atomic E-state index is 11.5. The van der Waals surface area contributed by atoms with E-state index in [2.05, 4.69) is 41.4 Å². The summed E-state index contributed by atoms with van der Waals surface area (Å²) >= 11 is 3.33. The quantitative estimate of drug-likeness (QED) is 0.654. The second-order valence-electron chi connectivity index (χ2n) is 3.25. The number of carbonyl (C=O) groups excluding carboxylic acids is 1. The molecule has 18 heavy (non-hydrogen) atoms. The number of hydrogen-bond acceptors (Lipinski definition) is 6. The molecule has 1 amide bonds. The number of benzene rings is 1. The summed E-state index contributed by atoms with van der Waals surface area (Å²) < 4.78 is 5.22. The lowest BCUT2D eigenvalue weighted by atomic mass is 10.2. The number of anilines is 1. The molecule has 0 spiro atoms. The van der Waals surface area contributed by atoms with Gasteiger partial charge in [0.15, 0.2) is 0 Å². The van der Waals surface area contributed by atoms with Crippen LogP contribution >= 0.6 is 15.9 Å². The zero-order chi connectivity index (χ0) is 13.0. The lowest BCUT2D eigenvalue weighted by Crippen LogP contribution is -2.19. The predicted octanol–water partition coefficient (Wildman–Crippen LogP) is 1.18. The summed E-state index contributed by atoms with van der Waals surface area (Å²) in [5, 5.41) is 10.4. The van der Waals surface area contributed by atoms with Crippen molar-refractivity contribution in [1.29, 1.82) is 0 Å². The van der Waals surface area contributed by atoms with Crippen LogP contribution < -0.4 is 11.2 Å². The highest BCUT2D eigenvalue weighted by Gasteiger charge is 2.14. The first-order valence-electron chi connectivity index (χ1n) is 4.84. The molecule has 0 aliphatic heterocycles. The van der Waals surface area contributed by atoms with Gasteiger partial charge in [0.05, 0.1) is 6.21 Å². The van der Waals surface area contributed by atoms with Crippen LogP contribution in [-0.4, -0.2) is 22.4 Å². The Morgan fingerprint density at radius 3 is 3.00 bits per heavy atom. The minimum absolute atomic E-state index is 0.0786. The number of nitrogen functional groups attached to an aromatic ring is 1. The third-order valence-corrected chi connectivity index (χ3v) is 2.45. The van der Waals surface area contributed by atoms with Gasteiger partial charge in [0.25, 0.3) is 5.91 Å². The Morgan fingerprint density at radius 1 is 1.50 bits per heavy atom. The van der Waals surface area contributed by atoms with E-state index in [1.807, 2.05) is 24.3 Å². The molecule has 0 radical (unpaired) electrons. The highest BCUT2D eigenvalue weighted by molar-refractivity contribution is 9.10. The van der Waals surface area contributed by atoms with Gasteiger partial charge in [0.1, 0.15) is 0 Å². The average molecular weight is 310 g/mol. The Kier molecular flexibility index (Phi) is 3.68. The van der Waals surface area contributed by atoms with E-state index in [0.29, 0.717) is 0 Å². The summed E-state index contributed by atoms with van der Waals surface area (Å²) in [6.45, 7) is 0. The Hall–Kier alpha value is -2.22. The van der Waals surface area contributed by atoms with Crippen LogP contribution in [0.3, 0.4) is 0 Å². The highest BCUT2D eigenvalue weighted by Crippen LogP contribution is 2.09. The number of rotatable bonds is 3. The van der Waals surface area contributed by atoms with Gasteiger partial charge in [-0.25, -0.2) is 10.1 Å². The van der Waals surface area contributed by atoms with Crippen molar-refractivity contribution >= 4 is 33.9 Å². The van der Waals surface area contributed by atoms with Crippen LogP contribution in [0.2, 0.25) is 0 Å². The summed E-state index contributed by atoms with van der Waals surface area (Å²) in [6, 6.07) is 7.43. The van der Waals surface area contributed by atoms with Gasteiger partial charge >= 0.3 is 0 Å². The van der Waals surface area contributed by atoms with Gasteiger partial charge in [0.2, 0.25) is 11.5 Å². The van der Waals surface area contributed by atoms with E-state index in [1.54, 1.807) is 0 Å². The first kappa shape index (κ1) is 12.2. The van der Waals surface area contributed by atoms with Crippen LogP contribution in [0, 0.1) is 0 Å². The standard InChI is InChI=1S/C10H8BrN5O2/c11-7-3-1-2-6(4-7)5-13-14-10(17)8-9(12)16-18-15-8/h1-5H,(H2,12,16)(H,14,17)/b13-5-. The van der Waals surface area contributed by atoms with Crippen molar-refractivity contribution in [2.75, 3.05) is 5.73 Å². The fraction of sp³-hybridized carbons (Fsp3) is 0. The van der Waals surface area contributed by atoms with Crippen molar-refractivity contribution in [2.24, 2.45) is 5.10 Å². The molecule has 2 rings (SSSR count). The molecule has 0 aliphatic rings. The molecule has 2 aromatic rings. The lowest BCUT2D eigenvalue weighted by molar-refractivity contribution is 0.0946. The van der Waals surface area contributed by atoms with Crippen molar-refractivity contribution in [3.05, 3.63) is 40.0 Å². The van der Waals surface area contributed by atoms with Crippen LogP contribution in [0.25, 0.3) is 0 Å². The second kappa shape index (κ2) is 5.41. The molecule has 92 valence electrons. The van der Waals surface area contributed by atoms with Crippen molar-refractivity contribution in [1.82, 2.24) is 15.7 Å². The number of carbonyl (C=O) groups is 1. The summed E-state index contributed by atoms with van der Waals surface area (Å²) in [7, 11) is 0. The maximum atomic E-state index is 11.5. The largest absolute Gasteiger partial charge is 0.379 e. The van der Waals surface area contributed by atoms with E-state index < -0.39 is 5.91 Å². The molecule has 0 bridgehead atoms. The fourth-order valence-corrected chi connectivity index (χ4v) is 1.58. The monoisotopic (exact) mass is 309 g/mol. The highest BCUT2D eigenvalue weighted by atomic mass is 79.9. The summed E-state index contributed by atoms with van der Waals surface area (Å²) in [4.78, 5) is 11.5. The smallest absolute Gasteiger partial charge is 0.297 e. The fourth-order valence-electron chi connectivity index (χ4n) is 1.16. The first-order chi connectivity index (χ1) is 8.66. The maximum Gasteiger partial charge on any atom is 0.297 e. The van der Waals surface area contributed by atoms with E-state index in [-0.39, 0.29) is 11.5 Å². The Morgan fingerprint density at radius 2 is 2.33 bits per heavy atom. The van der Waals surface area contributed by atoms with Gasteiger partial charge < -0.3 is 5.73 Å². The van der Waals surface area contributed by atoms with E-state index in [0.717, 1.165) is 10.0 Å². The van der Waals surface area contributed by atoms with E-state index in [9.17, 15) is 4.79 Å². The SMILES string of the molecule is Nc1nonc1C(=O)N/N=C\c1cccc(Br)c1. The summed E-state index contributed by atoms with van der Waals surface area (Å²) in [5.74, 6) is -0.662. The van der Waals surface area contributed by atoms with Gasteiger partial charge in [-0.15, -0.1) is 0 Å². The van der Waals surface area contributed by atoms with Crippen molar-refractivity contribution < 1.29 is 9.42 Å². The number of hydrogen-bond donors (Lipinski definition) is 2. The van der Waals surface area contributed by atoms with Crippen molar-refractivity contribution in [3.8, 4) is 0 Å². The molecule has 0 aliphatic carbocycles. The third kappa shape index (κ3) is 2.92. The van der Waals surface area contributed by atoms with E-state index in [4.69, 9.17) is 5.73 Å².